The summed E-state index contributed by atoms with van der Waals surface area (Å²) in [4.78, 5) is 15.6. The molecule has 0 bridgehead atoms. The fraction of sp³-hybridized carbons (Fsp3) is 0.421. The first-order valence-corrected chi connectivity index (χ1v) is 11.9. The molecule has 0 unspecified atom stereocenters. The summed E-state index contributed by atoms with van der Waals surface area (Å²) in [5, 5.41) is 14.9. The molecule has 3 aromatic rings. The molecule has 1 fully saturated rings. The molecule has 0 spiro atoms. The Bertz CT molecular complexity index is 1200. The number of H-pyrrole nitrogens is 1. The van der Waals surface area contributed by atoms with Gasteiger partial charge in [-0.1, -0.05) is 11.6 Å². The third kappa shape index (κ3) is 4.55. The summed E-state index contributed by atoms with van der Waals surface area (Å²) in [5.41, 5.74) is -0.107. The first-order valence-electron chi connectivity index (χ1n) is 9.44. The number of hydrogen-bond donors (Lipinski definition) is 3. The number of pyridine rings is 1. The normalized spacial score (nSPS) is 22.3. The minimum absolute atomic E-state index is 0.00190. The van der Waals surface area contributed by atoms with E-state index in [-0.39, 0.29) is 29.9 Å². The molecule has 0 radical (unpaired) electrons. The van der Waals surface area contributed by atoms with E-state index in [9.17, 15) is 17.9 Å². The fourth-order valence-corrected chi connectivity index (χ4v) is 5.43. The smallest absolute Gasteiger partial charge is 0.183 e. The van der Waals surface area contributed by atoms with Gasteiger partial charge in [0.1, 0.15) is 15.5 Å². The molecule has 3 N–H and O–H groups in total. The summed E-state index contributed by atoms with van der Waals surface area (Å²) in [6.45, 7) is 0. The number of rotatable bonds is 5. The van der Waals surface area contributed by atoms with Crippen molar-refractivity contribution < 1.29 is 17.9 Å². The molecular formula is C19H21ClFN5O3S. The highest BCUT2D eigenvalue weighted by Crippen LogP contribution is 2.32. The van der Waals surface area contributed by atoms with E-state index in [1.807, 2.05) is 0 Å². The zero-order valence-corrected chi connectivity index (χ0v) is 17.8. The molecule has 1 aliphatic rings. The van der Waals surface area contributed by atoms with E-state index < -0.39 is 21.3 Å². The van der Waals surface area contributed by atoms with E-state index in [0.717, 1.165) is 12.5 Å². The number of sulfone groups is 1. The van der Waals surface area contributed by atoms with E-state index in [0.29, 0.717) is 40.9 Å². The second-order valence-electron chi connectivity index (χ2n) is 7.87. The second kappa shape index (κ2) is 7.75. The first kappa shape index (κ1) is 21.0. The van der Waals surface area contributed by atoms with Gasteiger partial charge in [0.25, 0.3) is 0 Å². The number of anilines is 1. The van der Waals surface area contributed by atoms with Gasteiger partial charge in [0.15, 0.2) is 17.5 Å². The van der Waals surface area contributed by atoms with Gasteiger partial charge in [-0.3, -0.25) is 0 Å². The Labute approximate surface area is 177 Å². The van der Waals surface area contributed by atoms with Crippen molar-refractivity contribution in [2.75, 3.05) is 17.3 Å². The van der Waals surface area contributed by atoms with Crippen molar-refractivity contribution in [3.05, 3.63) is 35.5 Å². The molecule has 0 aromatic carbocycles. The Morgan fingerprint density at radius 3 is 2.97 bits per heavy atom. The predicted molar refractivity (Wildman–Crippen MR) is 113 cm³/mol. The molecule has 0 amide bonds. The summed E-state index contributed by atoms with van der Waals surface area (Å²) in [5.74, 6) is -0.667. The number of nitrogens with one attached hydrogen (secondary N) is 2. The van der Waals surface area contributed by atoms with Crippen LogP contribution in [0.5, 0.6) is 0 Å². The molecular weight excluding hydrogens is 433 g/mol. The van der Waals surface area contributed by atoms with E-state index in [4.69, 9.17) is 11.6 Å². The van der Waals surface area contributed by atoms with Crippen LogP contribution in [0.3, 0.4) is 0 Å². The third-order valence-electron chi connectivity index (χ3n) is 5.18. The summed E-state index contributed by atoms with van der Waals surface area (Å²) in [7, 11) is -3.34. The third-order valence-corrected chi connectivity index (χ3v) is 6.44. The molecule has 8 nitrogen and oxygen atoms in total. The van der Waals surface area contributed by atoms with Gasteiger partial charge in [0.05, 0.1) is 22.6 Å². The number of fused-ring (bicyclic) bond motifs is 1. The van der Waals surface area contributed by atoms with Crippen molar-refractivity contribution in [1.29, 1.82) is 0 Å². The van der Waals surface area contributed by atoms with Gasteiger partial charge >= 0.3 is 0 Å². The monoisotopic (exact) mass is 453 g/mol. The highest BCUT2D eigenvalue weighted by molar-refractivity contribution is 7.90. The Balaban J connectivity index is 1.60. The van der Waals surface area contributed by atoms with Crippen LogP contribution in [0.1, 0.15) is 25.7 Å². The summed E-state index contributed by atoms with van der Waals surface area (Å²) in [6, 6.07) is 1.41. The van der Waals surface area contributed by atoms with Crippen LogP contribution in [0.4, 0.5) is 10.2 Å². The van der Waals surface area contributed by atoms with E-state index in [2.05, 4.69) is 25.3 Å². The Kier molecular flexibility index (Phi) is 5.41. The zero-order valence-electron chi connectivity index (χ0n) is 16.2. The number of nitrogens with zero attached hydrogens (tertiary/aromatic N) is 3. The molecule has 3 heterocycles. The number of hydrogen-bond acceptors (Lipinski definition) is 7. The number of aromatic nitrogens is 4. The highest BCUT2D eigenvalue weighted by atomic mass is 35.5. The molecule has 2 atom stereocenters. The molecule has 0 saturated heterocycles. The number of aliphatic hydroxyl groups is 1. The largest absolute Gasteiger partial charge is 0.389 e. The molecule has 4 rings (SSSR count). The Morgan fingerprint density at radius 2 is 2.20 bits per heavy atom. The molecule has 1 aliphatic carbocycles. The first-order chi connectivity index (χ1) is 14.1. The topological polar surface area (TPSA) is 121 Å². The van der Waals surface area contributed by atoms with Gasteiger partial charge in [-0.25, -0.2) is 27.8 Å². The lowest BCUT2D eigenvalue weighted by Crippen LogP contribution is -2.45. The van der Waals surface area contributed by atoms with Crippen LogP contribution in [0.15, 0.2) is 24.7 Å². The minimum Gasteiger partial charge on any atom is -0.389 e. The second-order valence-corrected chi connectivity index (χ2v) is 10.5. The summed E-state index contributed by atoms with van der Waals surface area (Å²) < 4.78 is 37.7. The molecule has 11 heteroatoms. The van der Waals surface area contributed by atoms with Gasteiger partial charge in [0, 0.05) is 35.6 Å². The van der Waals surface area contributed by atoms with Crippen LogP contribution in [0.2, 0.25) is 5.02 Å². The van der Waals surface area contributed by atoms with Gasteiger partial charge in [-0.2, -0.15) is 0 Å². The molecule has 160 valence electrons. The Morgan fingerprint density at radius 1 is 1.40 bits per heavy atom. The Hall–Kier alpha value is -2.30. The quantitative estimate of drug-likeness (QED) is 0.543. The maximum Gasteiger partial charge on any atom is 0.183 e. The lowest BCUT2D eigenvalue weighted by molar-refractivity contribution is 0.0214. The van der Waals surface area contributed by atoms with Gasteiger partial charge in [-0.15, -0.1) is 0 Å². The van der Waals surface area contributed by atoms with Crippen molar-refractivity contribution in [1.82, 2.24) is 19.9 Å². The van der Waals surface area contributed by atoms with Crippen molar-refractivity contribution >= 4 is 38.3 Å². The van der Waals surface area contributed by atoms with E-state index >= 15 is 0 Å². The van der Waals surface area contributed by atoms with Crippen molar-refractivity contribution in [2.45, 2.75) is 37.3 Å². The van der Waals surface area contributed by atoms with Gasteiger partial charge in [0.2, 0.25) is 0 Å². The van der Waals surface area contributed by atoms with Crippen LogP contribution < -0.4 is 5.32 Å². The summed E-state index contributed by atoms with van der Waals surface area (Å²) in [6.07, 6.45) is 7.23. The molecule has 0 aliphatic heterocycles. The maximum absolute atomic E-state index is 14.4. The summed E-state index contributed by atoms with van der Waals surface area (Å²) >= 11 is 6.04. The van der Waals surface area contributed by atoms with E-state index in [1.54, 1.807) is 12.3 Å². The number of aromatic amines is 1. The van der Waals surface area contributed by atoms with Gasteiger partial charge in [-0.05, 0) is 31.7 Å². The van der Waals surface area contributed by atoms with Crippen LogP contribution in [-0.4, -0.2) is 57.1 Å². The molecule has 1 saturated carbocycles. The van der Waals surface area contributed by atoms with Crippen LogP contribution >= 0.6 is 11.6 Å². The standard InChI is InChI=1S/C19H21ClFN5O3S/c1-30(28,29)10-19(27)4-2-3-12(6-19)25-18-15(21)9-24-17(26-18)14-8-23-16-13(14)5-11(20)7-22-16/h5,7-9,12,27H,2-4,6,10H2,1H3,(H,22,23)(H,24,25,26)/t12-,19-/m0/s1. The number of halogens is 2. The minimum atomic E-state index is -3.34. The van der Waals surface area contributed by atoms with Crippen LogP contribution in [0, 0.1) is 5.82 Å². The lowest BCUT2D eigenvalue weighted by atomic mass is 9.83. The SMILES string of the molecule is CS(=O)(=O)C[C@]1(O)CCC[C@H](Nc2nc(-c3c[nH]c4ncc(Cl)cc34)ncc2F)C1. The average molecular weight is 454 g/mol. The molecule has 30 heavy (non-hydrogen) atoms. The predicted octanol–water partition coefficient (Wildman–Crippen LogP) is 2.94. The fourth-order valence-electron chi connectivity index (χ4n) is 4.04. The van der Waals surface area contributed by atoms with Crippen LogP contribution in [-0.2, 0) is 9.84 Å². The maximum atomic E-state index is 14.4. The van der Waals surface area contributed by atoms with Crippen molar-refractivity contribution in [2.24, 2.45) is 0 Å². The highest BCUT2D eigenvalue weighted by Gasteiger charge is 2.37. The molecule has 3 aromatic heterocycles. The van der Waals surface area contributed by atoms with Crippen molar-refractivity contribution in [3.8, 4) is 11.4 Å². The lowest BCUT2D eigenvalue weighted by Gasteiger charge is -2.36. The van der Waals surface area contributed by atoms with Gasteiger partial charge < -0.3 is 15.4 Å². The zero-order chi connectivity index (χ0) is 21.5. The average Bonchev–Trinajstić information content (AvgIpc) is 3.04. The van der Waals surface area contributed by atoms with E-state index in [1.165, 1.54) is 6.20 Å². The van der Waals surface area contributed by atoms with Crippen molar-refractivity contribution in [3.63, 3.8) is 0 Å². The van der Waals surface area contributed by atoms with Crippen LogP contribution in [0.25, 0.3) is 22.4 Å².